The molecule has 1 aromatic rings. The van der Waals surface area contributed by atoms with Gasteiger partial charge in [-0.2, -0.15) is 17.4 Å². The van der Waals surface area contributed by atoms with Gasteiger partial charge in [0.15, 0.2) is 0 Å². The van der Waals surface area contributed by atoms with E-state index in [0.717, 1.165) is 17.5 Å². The second-order valence-electron chi connectivity index (χ2n) is 4.23. The maximum absolute atomic E-state index is 11.9. The molecule has 0 atom stereocenters. The summed E-state index contributed by atoms with van der Waals surface area (Å²) in [6, 6.07) is 0. The lowest BCUT2D eigenvalue weighted by atomic mass is 10.4. The van der Waals surface area contributed by atoms with Gasteiger partial charge in [0.2, 0.25) is 0 Å². The first-order valence-corrected chi connectivity index (χ1v) is 7.27. The molecule has 1 aliphatic heterocycles. The van der Waals surface area contributed by atoms with Gasteiger partial charge in [-0.05, 0) is 12.8 Å². The fourth-order valence-electron chi connectivity index (χ4n) is 1.82. The van der Waals surface area contributed by atoms with Crippen LogP contribution < -0.4 is 4.72 Å². The molecule has 1 aliphatic rings. The van der Waals surface area contributed by atoms with E-state index >= 15 is 0 Å². The second kappa shape index (κ2) is 5.63. The third-order valence-corrected chi connectivity index (χ3v) is 4.28. The maximum Gasteiger partial charge on any atom is 0.325 e. The summed E-state index contributed by atoms with van der Waals surface area (Å²) in [4.78, 5) is 10.5. The van der Waals surface area contributed by atoms with Crippen molar-refractivity contribution in [2.75, 3.05) is 13.1 Å². The van der Waals surface area contributed by atoms with E-state index in [2.05, 4.69) is 15.0 Å². The lowest BCUT2D eigenvalue weighted by Gasteiger charge is -2.15. The van der Waals surface area contributed by atoms with Crippen LogP contribution >= 0.6 is 0 Å². The van der Waals surface area contributed by atoms with Crippen molar-refractivity contribution in [2.24, 2.45) is 0 Å². The van der Waals surface area contributed by atoms with Crippen molar-refractivity contribution in [3.8, 4) is 0 Å². The highest BCUT2D eigenvalue weighted by Gasteiger charge is 2.24. The van der Waals surface area contributed by atoms with Gasteiger partial charge in [-0.15, -0.1) is 5.10 Å². The minimum absolute atomic E-state index is 0.00154. The molecular formula is C9H15N5O4S. The Labute approximate surface area is 110 Å². The molecule has 2 heterocycles. The molecule has 1 saturated heterocycles. The van der Waals surface area contributed by atoms with Gasteiger partial charge < -0.3 is 5.11 Å². The fourth-order valence-corrected chi connectivity index (χ4v) is 3.07. The molecule has 1 fully saturated rings. The molecule has 0 spiro atoms. The van der Waals surface area contributed by atoms with E-state index in [1.165, 1.54) is 10.5 Å². The Bertz CT molecular complexity index is 549. The van der Waals surface area contributed by atoms with Crippen molar-refractivity contribution in [3.63, 3.8) is 0 Å². The summed E-state index contributed by atoms with van der Waals surface area (Å²) < 4.78 is 28.7. The normalized spacial score (nSPS) is 16.8. The molecule has 19 heavy (non-hydrogen) atoms. The van der Waals surface area contributed by atoms with Crippen LogP contribution in [0.4, 0.5) is 0 Å². The molecule has 0 bridgehead atoms. The van der Waals surface area contributed by atoms with Crippen molar-refractivity contribution in [2.45, 2.75) is 25.9 Å². The molecule has 1 aromatic heterocycles. The first-order valence-electron chi connectivity index (χ1n) is 5.83. The van der Waals surface area contributed by atoms with Crippen LogP contribution in [-0.4, -0.2) is 51.9 Å². The Kier molecular flexibility index (Phi) is 4.12. The van der Waals surface area contributed by atoms with Crippen LogP contribution in [-0.2, 0) is 28.1 Å². The summed E-state index contributed by atoms with van der Waals surface area (Å²) >= 11 is 0. The summed E-state index contributed by atoms with van der Waals surface area (Å²) in [5.41, 5.74) is 0.379. The first-order chi connectivity index (χ1) is 8.97. The molecule has 10 heteroatoms. The number of carboxylic acids is 1. The van der Waals surface area contributed by atoms with Crippen LogP contribution in [0.25, 0.3) is 0 Å². The minimum atomic E-state index is -3.48. The van der Waals surface area contributed by atoms with Gasteiger partial charge in [0.05, 0.1) is 18.4 Å². The summed E-state index contributed by atoms with van der Waals surface area (Å²) in [5, 5.41) is 15.9. The molecule has 0 amide bonds. The highest BCUT2D eigenvalue weighted by Crippen LogP contribution is 2.11. The molecule has 0 saturated carbocycles. The van der Waals surface area contributed by atoms with E-state index in [1.54, 1.807) is 0 Å². The number of aliphatic carboxylic acids is 1. The number of carboxylic acid groups (broad SMARTS) is 1. The Balaban J connectivity index is 1.91. The smallest absolute Gasteiger partial charge is 0.325 e. The summed E-state index contributed by atoms with van der Waals surface area (Å²) in [7, 11) is -3.48. The minimum Gasteiger partial charge on any atom is -0.480 e. The summed E-state index contributed by atoms with van der Waals surface area (Å²) in [5.74, 6) is -1.03. The largest absolute Gasteiger partial charge is 0.480 e. The standard InChI is InChI=1S/C9H15N5O4S/c15-9(16)7-13-6-8(11-12-13)5-10-19(17,18)14-3-1-2-4-14/h6,10H,1-5,7H2,(H,15,16). The van der Waals surface area contributed by atoms with Crippen LogP contribution in [0.1, 0.15) is 18.5 Å². The van der Waals surface area contributed by atoms with E-state index in [1.807, 2.05) is 0 Å². The van der Waals surface area contributed by atoms with Crippen LogP contribution in [0.2, 0.25) is 0 Å². The zero-order chi connectivity index (χ0) is 13.9. The van der Waals surface area contributed by atoms with Crippen molar-refractivity contribution in [1.82, 2.24) is 24.0 Å². The number of nitrogens with one attached hydrogen (secondary N) is 1. The number of aromatic nitrogens is 3. The van der Waals surface area contributed by atoms with Crippen molar-refractivity contribution < 1.29 is 18.3 Å². The summed E-state index contributed by atoms with van der Waals surface area (Å²) in [6.45, 7) is 0.756. The quantitative estimate of drug-likeness (QED) is 0.678. The van der Waals surface area contributed by atoms with E-state index in [-0.39, 0.29) is 13.1 Å². The number of hydrogen-bond acceptors (Lipinski definition) is 5. The average Bonchev–Trinajstić information content (AvgIpc) is 2.96. The van der Waals surface area contributed by atoms with E-state index in [0.29, 0.717) is 18.8 Å². The third kappa shape index (κ3) is 3.72. The zero-order valence-corrected chi connectivity index (χ0v) is 11.0. The molecular weight excluding hydrogens is 274 g/mol. The number of hydrogen-bond donors (Lipinski definition) is 2. The Morgan fingerprint density at radius 1 is 1.42 bits per heavy atom. The maximum atomic E-state index is 11.9. The van der Waals surface area contributed by atoms with Gasteiger partial charge in [0, 0.05) is 13.1 Å². The predicted octanol–water partition coefficient (Wildman–Crippen LogP) is -1.21. The van der Waals surface area contributed by atoms with Crippen molar-refractivity contribution in [1.29, 1.82) is 0 Å². The van der Waals surface area contributed by atoms with Crippen LogP contribution in [0.15, 0.2) is 6.20 Å². The lowest BCUT2D eigenvalue weighted by molar-refractivity contribution is -0.137. The fraction of sp³-hybridized carbons (Fsp3) is 0.667. The number of rotatable bonds is 6. The highest BCUT2D eigenvalue weighted by molar-refractivity contribution is 7.87. The zero-order valence-electron chi connectivity index (χ0n) is 10.2. The number of carbonyl (C=O) groups is 1. The highest BCUT2D eigenvalue weighted by atomic mass is 32.2. The van der Waals surface area contributed by atoms with Gasteiger partial charge >= 0.3 is 5.97 Å². The van der Waals surface area contributed by atoms with E-state index in [9.17, 15) is 13.2 Å². The second-order valence-corrected chi connectivity index (χ2v) is 5.99. The van der Waals surface area contributed by atoms with Crippen LogP contribution in [0, 0.1) is 0 Å². The molecule has 9 nitrogen and oxygen atoms in total. The van der Waals surface area contributed by atoms with Crippen LogP contribution in [0.5, 0.6) is 0 Å². The topological polar surface area (TPSA) is 117 Å². The molecule has 2 rings (SSSR count). The van der Waals surface area contributed by atoms with E-state index in [4.69, 9.17) is 5.11 Å². The van der Waals surface area contributed by atoms with E-state index < -0.39 is 16.2 Å². The Morgan fingerprint density at radius 2 is 2.11 bits per heavy atom. The first kappa shape index (κ1) is 13.9. The van der Waals surface area contributed by atoms with Gasteiger partial charge in [0.25, 0.3) is 10.2 Å². The molecule has 2 N–H and O–H groups in total. The molecule has 106 valence electrons. The average molecular weight is 289 g/mol. The predicted molar refractivity (Wildman–Crippen MR) is 64.2 cm³/mol. The molecule has 0 radical (unpaired) electrons. The number of nitrogens with zero attached hydrogens (tertiary/aromatic N) is 4. The van der Waals surface area contributed by atoms with Crippen molar-refractivity contribution in [3.05, 3.63) is 11.9 Å². The SMILES string of the molecule is O=C(O)Cn1cc(CNS(=O)(=O)N2CCCC2)nn1. The third-order valence-electron chi connectivity index (χ3n) is 2.72. The van der Waals surface area contributed by atoms with Gasteiger partial charge in [0.1, 0.15) is 6.54 Å². The monoisotopic (exact) mass is 289 g/mol. The van der Waals surface area contributed by atoms with Gasteiger partial charge in [-0.3, -0.25) is 4.79 Å². The Morgan fingerprint density at radius 3 is 2.74 bits per heavy atom. The molecule has 0 aromatic carbocycles. The van der Waals surface area contributed by atoms with Crippen molar-refractivity contribution >= 4 is 16.2 Å². The molecule has 0 unspecified atom stereocenters. The van der Waals surface area contributed by atoms with Gasteiger partial charge in [-0.1, -0.05) is 5.21 Å². The lowest BCUT2D eigenvalue weighted by Crippen LogP contribution is -2.38. The van der Waals surface area contributed by atoms with Gasteiger partial charge in [-0.25, -0.2) is 4.68 Å². The van der Waals surface area contributed by atoms with Crippen LogP contribution in [0.3, 0.4) is 0 Å². The molecule has 0 aliphatic carbocycles. The Hall–Kier alpha value is -1.52. The summed E-state index contributed by atoms with van der Waals surface area (Å²) in [6.07, 6.45) is 3.14.